The highest BCUT2D eigenvalue weighted by Crippen LogP contribution is 2.23. The number of phenolic OH excluding ortho intramolecular Hbond substituents is 1. The van der Waals surface area contributed by atoms with Crippen LogP contribution in [0.25, 0.3) is 0 Å². The predicted octanol–water partition coefficient (Wildman–Crippen LogP) is 3.61. The van der Waals surface area contributed by atoms with E-state index < -0.39 is 0 Å². The van der Waals surface area contributed by atoms with Crippen LogP contribution in [0.5, 0.6) is 5.75 Å². The van der Waals surface area contributed by atoms with Crippen molar-refractivity contribution in [3.63, 3.8) is 0 Å². The smallest absolute Gasteiger partial charge is 0.240 e. The van der Waals surface area contributed by atoms with Crippen LogP contribution in [-0.4, -0.2) is 22.6 Å². The molecule has 0 saturated carbocycles. The van der Waals surface area contributed by atoms with Gasteiger partial charge >= 0.3 is 0 Å². The van der Waals surface area contributed by atoms with Crippen molar-refractivity contribution in [2.75, 3.05) is 5.32 Å². The van der Waals surface area contributed by atoms with Crippen molar-refractivity contribution in [1.82, 2.24) is 5.43 Å². The molecule has 0 atom stereocenters. The minimum Gasteiger partial charge on any atom is -0.508 e. The molecule has 0 bridgehead atoms. The predicted molar refractivity (Wildman–Crippen MR) is 103 cm³/mol. The van der Waals surface area contributed by atoms with Crippen LogP contribution in [0, 0.1) is 6.92 Å². The van der Waals surface area contributed by atoms with E-state index in [4.69, 9.17) is 11.6 Å². The number of hydrogen-bond donors (Lipinski definition) is 3. The number of hydrogen-bond acceptors (Lipinski definition) is 4. The number of phenols is 1. The van der Waals surface area contributed by atoms with Crippen molar-refractivity contribution in [2.24, 2.45) is 5.10 Å². The SMILES string of the molecule is CC(=NNC(=O)CCC(=O)Nc1cccc(Cl)c1C)c1ccc(O)cc1. The molecule has 3 N–H and O–H groups in total. The fraction of sp³-hybridized carbons (Fsp3) is 0.211. The van der Waals surface area contributed by atoms with Crippen LogP contribution in [0.15, 0.2) is 47.6 Å². The molecule has 0 aromatic heterocycles. The minimum absolute atomic E-state index is 0.0117. The third kappa shape index (κ3) is 5.60. The molecule has 2 aromatic rings. The van der Waals surface area contributed by atoms with Gasteiger partial charge in [-0.2, -0.15) is 5.10 Å². The number of nitrogens with one attached hydrogen (secondary N) is 2. The molecule has 2 rings (SSSR count). The first-order valence-electron chi connectivity index (χ1n) is 8.04. The van der Waals surface area contributed by atoms with Crippen LogP contribution in [0.1, 0.15) is 30.9 Å². The average molecular weight is 374 g/mol. The van der Waals surface area contributed by atoms with E-state index in [2.05, 4.69) is 15.8 Å². The summed E-state index contributed by atoms with van der Waals surface area (Å²) in [6, 6.07) is 11.7. The van der Waals surface area contributed by atoms with Gasteiger partial charge in [0.25, 0.3) is 0 Å². The molecule has 2 amide bonds. The van der Waals surface area contributed by atoms with Gasteiger partial charge in [0.15, 0.2) is 0 Å². The summed E-state index contributed by atoms with van der Waals surface area (Å²) in [5.41, 5.74) is 5.20. The molecule has 6 nitrogen and oxygen atoms in total. The maximum Gasteiger partial charge on any atom is 0.240 e. The lowest BCUT2D eigenvalue weighted by Crippen LogP contribution is -2.22. The van der Waals surface area contributed by atoms with Crippen molar-refractivity contribution >= 4 is 34.8 Å². The Morgan fingerprint density at radius 3 is 2.42 bits per heavy atom. The van der Waals surface area contributed by atoms with E-state index in [0.29, 0.717) is 16.4 Å². The number of rotatable bonds is 6. The van der Waals surface area contributed by atoms with Crippen molar-refractivity contribution in [3.8, 4) is 5.75 Å². The lowest BCUT2D eigenvalue weighted by atomic mass is 10.1. The van der Waals surface area contributed by atoms with Gasteiger partial charge in [0.2, 0.25) is 11.8 Å². The van der Waals surface area contributed by atoms with Gasteiger partial charge in [0.1, 0.15) is 5.75 Å². The Hall–Kier alpha value is -2.86. The van der Waals surface area contributed by atoms with Crippen LogP contribution in [-0.2, 0) is 9.59 Å². The maximum atomic E-state index is 12.0. The highest BCUT2D eigenvalue weighted by molar-refractivity contribution is 6.31. The fourth-order valence-corrected chi connectivity index (χ4v) is 2.33. The van der Waals surface area contributed by atoms with Crippen LogP contribution in [0.4, 0.5) is 5.69 Å². The van der Waals surface area contributed by atoms with Gasteiger partial charge in [-0.3, -0.25) is 9.59 Å². The molecular weight excluding hydrogens is 354 g/mol. The number of nitrogens with zero attached hydrogens (tertiary/aromatic N) is 1. The monoisotopic (exact) mass is 373 g/mol. The maximum absolute atomic E-state index is 12.0. The first-order chi connectivity index (χ1) is 12.4. The van der Waals surface area contributed by atoms with Gasteiger partial charge in [-0.25, -0.2) is 5.43 Å². The van der Waals surface area contributed by atoms with E-state index in [1.54, 1.807) is 49.4 Å². The summed E-state index contributed by atoms with van der Waals surface area (Å²) in [4.78, 5) is 23.8. The first-order valence-corrected chi connectivity index (χ1v) is 8.42. The van der Waals surface area contributed by atoms with Crippen LogP contribution in [0.2, 0.25) is 5.02 Å². The molecule has 0 radical (unpaired) electrons. The Morgan fingerprint density at radius 2 is 1.73 bits per heavy atom. The van der Waals surface area contributed by atoms with Crippen molar-refractivity contribution in [3.05, 3.63) is 58.6 Å². The van der Waals surface area contributed by atoms with Crippen molar-refractivity contribution in [2.45, 2.75) is 26.7 Å². The molecule has 0 aliphatic heterocycles. The average Bonchev–Trinajstić information content (AvgIpc) is 2.62. The fourth-order valence-electron chi connectivity index (χ4n) is 2.15. The van der Waals surface area contributed by atoms with E-state index in [-0.39, 0.29) is 30.4 Å². The normalized spacial score (nSPS) is 11.1. The summed E-state index contributed by atoms with van der Waals surface area (Å²) < 4.78 is 0. The number of halogens is 1. The highest BCUT2D eigenvalue weighted by Gasteiger charge is 2.09. The van der Waals surface area contributed by atoms with E-state index in [0.717, 1.165) is 11.1 Å². The molecule has 0 fully saturated rings. The van der Waals surface area contributed by atoms with E-state index in [1.807, 2.05) is 6.92 Å². The van der Waals surface area contributed by atoms with Crippen LogP contribution < -0.4 is 10.7 Å². The van der Waals surface area contributed by atoms with Crippen molar-refractivity contribution in [1.29, 1.82) is 0 Å². The third-order valence-corrected chi connectivity index (χ3v) is 4.16. The van der Waals surface area contributed by atoms with Gasteiger partial charge in [0, 0.05) is 23.6 Å². The second-order valence-corrected chi connectivity index (χ2v) is 6.15. The van der Waals surface area contributed by atoms with E-state index in [9.17, 15) is 14.7 Å². The second-order valence-electron chi connectivity index (χ2n) is 5.74. The standard InChI is InChI=1S/C19H20ClN3O3/c1-12-16(20)4-3-5-17(12)21-18(25)10-11-19(26)23-22-13(2)14-6-8-15(24)9-7-14/h3-9,24H,10-11H2,1-2H3,(H,21,25)(H,23,26). The zero-order valence-corrected chi connectivity index (χ0v) is 15.3. The molecule has 0 aliphatic carbocycles. The zero-order valence-electron chi connectivity index (χ0n) is 14.5. The van der Waals surface area contributed by atoms with Crippen LogP contribution in [0.3, 0.4) is 0 Å². The number of carbonyl (C=O) groups is 2. The summed E-state index contributed by atoms with van der Waals surface area (Å²) >= 11 is 6.01. The zero-order chi connectivity index (χ0) is 19.1. The highest BCUT2D eigenvalue weighted by atomic mass is 35.5. The molecule has 0 unspecified atom stereocenters. The quantitative estimate of drug-likeness (QED) is 0.533. The summed E-state index contributed by atoms with van der Waals surface area (Å²) in [6.45, 7) is 3.55. The third-order valence-electron chi connectivity index (χ3n) is 3.75. The number of amides is 2. The first kappa shape index (κ1) is 19.5. The number of aromatic hydroxyl groups is 1. The number of benzene rings is 2. The van der Waals surface area contributed by atoms with Gasteiger partial charge in [0.05, 0.1) is 5.71 Å². The molecular formula is C19H20ClN3O3. The molecule has 26 heavy (non-hydrogen) atoms. The molecule has 7 heteroatoms. The summed E-state index contributed by atoms with van der Waals surface area (Å²) in [7, 11) is 0. The number of carbonyl (C=O) groups excluding carboxylic acids is 2. The molecule has 0 aliphatic rings. The van der Waals surface area contributed by atoms with Gasteiger partial charge < -0.3 is 10.4 Å². The molecule has 0 heterocycles. The van der Waals surface area contributed by atoms with Crippen LogP contribution >= 0.6 is 11.6 Å². The van der Waals surface area contributed by atoms with E-state index in [1.165, 1.54) is 0 Å². The lowest BCUT2D eigenvalue weighted by Gasteiger charge is -2.09. The Bertz CT molecular complexity index is 832. The minimum atomic E-state index is -0.360. The van der Waals surface area contributed by atoms with E-state index >= 15 is 0 Å². The Morgan fingerprint density at radius 1 is 1.08 bits per heavy atom. The summed E-state index contributed by atoms with van der Waals surface area (Å²) in [5.74, 6) is -0.475. The molecule has 136 valence electrons. The Balaban J connectivity index is 1.82. The molecule has 0 saturated heterocycles. The number of hydrazone groups is 1. The van der Waals surface area contributed by atoms with Crippen molar-refractivity contribution < 1.29 is 14.7 Å². The summed E-state index contributed by atoms with van der Waals surface area (Å²) in [5, 5.41) is 16.6. The lowest BCUT2D eigenvalue weighted by molar-refractivity contribution is -0.124. The topological polar surface area (TPSA) is 90.8 Å². The van der Waals surface area contributed by atoms with Gasteiger partial charge in [-0.05, 0) is 61.4 Å². The molecule has 0 spiro atoms. The summed E-state index contributed by atoms with van der Waals surface area (Å²) in [6.07, 6.45) is 0.0450. The Kier molecular flexibility index (Phi) is 6.74. The molecule has 2 aromatic carbocycles. The second kappa shape index (κ2) is 9.01. The number of anilines is 1. The van der Waals surface area contributed by atoms with Gasteiger partial charge in [-0.1, -0.05) is 17.7 Å². The Labute approximate surface area is 156 Å². The van der Waals surface area contributed by atoms with Gasteiger partial charge in [-0.15, -0.1) is 0 Å². The largest absolute Gasteiger partial charge is 0.508 e.